The van der Waals surface area contributed by atoms with Gasteiger partial charge in [0.15, 0.2) is 0 Å². The lowest BCUT2D eigenvalue weighted by Gasteiger charge is -2.16. The molecule has 0 spiro atoms. The van der Waals surface area contributed by atoms with Gasteiger partial charge in [0.05, 0.1) is 5.92 Å². The Kier molecular flexibility index (Phi) is 4.49. The molecule has 4 atom stereocenters. The van der Waals surface area contributed by atoms with E-state index in [1.807, 2.05) is 48.5 Å². The van der Waals surface area contributed by atoms with Crippen LogP contribution in [0.1, 0.15) is 35.8 Å². The Hall–Kier alpha value is -2.62. The van der Waals surface area contributed by atoms with E-state index in [-0.39, 0.29) is 11.8 Å². The molecule has 1 N–H and O–H groups in total. The summed E-state index contributed by atoms with van der Waals surface area (Å²) < 4.78 is 0. The van der Waals surface area contributed by atoms with Crippen LogP contribution >= 0.6 is 0 Å². The van der Waals surface area contributed by atoms with Crippen LogP contribution in [0.25, 0.3) is 0 Å². The van der Waals surface area contributed by atoms with E-state index in [1.165, 1.54) is 5.56 Å². The molecule has 1 saturated heterocycles. The van der Waals surface area contributed by atoms with Gasteiger partial charge in [0.2, 0.25) is 5.91 Å². The number of hydrogen-bond donors (Lipinski definition) is 1. The number of aliphatic carboxylic acids is 1. The van der Waals surface area contributed by atoms with Gasteiger partial charge in [0, 0.05) is 25.4 Å². The van der Waals surface area contributed by atoms with Crippen molar-refractivity contribution in [2.75, 3.05) is 13.1 Å². The first-order valence-electron chi connectivity index (χ1n) is 9.24. The molecule has 4 rings (SSSR count). The van der Waals surface area contributed by atoms with Crippen LogP contribution in [0.2, 0.25) is 0 Å². The molecule has 2 aromatic rings. The Balaban J connectivity index is 1.40. The quantitative estimate of drug-likeness (QED) is 0.899. The standard InChI is InChI=1S/C22H23NO3/c24-21(12-17-11-18(17)15-7-3-1-4-8-15)23-13-19(20(14-23)22(25)26)16-9-5-2-6-10-16/h1-10,17-20H,11-14H2,(H,25,26)/t17-,18-,19+,20+/m0/s1. The average molecular weight is 349 g/mol. The molecule has 1 amide bonds. The van der Waals surface area contributed by atoms with Crippen molar-refractivity contribution in [3.8, 4) is 0 Å². The molecule has 0 unspecified atom stereocenters. The van der Waals surface area contributed by atoms with Gasteiger partial charge in [0.25, 0.3) is 0 Å². The smallest absolute Gasteiger partial charge is 0.308 e. The van der Waals surface area contributed by atoms with Gasteiger partial charge in [-0.15, -0.1) is 0 Å². The number of carbonyl (C=O) groups is 2. The zero-order chi connectivity index (χ0) is 18.1. The van der Waals surface area contributed by atoms with Crippen LogP contribution < -0.4 is 0 Å². The maximum Gasteiger partial charge on any atom is 0.308 e. The number of benzene rings is 2. The second-order valence-electron chi connectivity index (χ2n) is 7.48. The lowest BCUT2D eigenvalue weighted by Crippen LogP contribution is -2.30. The van der Waals surface area contributed by atoms with E-state index in [9.17, 15) is 14.7 Å². The molecule has 1 aliphatic carbocycles. The van der Waals surface area contributed by atoms with E-state index >= 15 is 0 Å². The first kappa shape index (κ1) is 16.8. The minimum atomic E-state index is -0.817. The molecule has 2 aromatic carbocycles. The fraction of sp³-hybridized carbons (Fsp3) is 0.364. The van der Waals surface area contributed by atoms with Gasteiger partial charge in [-0.2, -0.15) is 0 Å². The topological polar surface area (TPSA) is 57.6 Å². The first-order chi connectivity index (χ1) is 12.6. The van der Waals surface area contributed by atoms with Gasteiger partial charge in [-0.3, -0.25) is 9.59 Å². The molecule has 1 aliphatic heterocycles. The molecule has 1 saturated carbocycles. The normalized spacial score (nSPS) is 27.3. The van der Waals surface area contributed by atoms with Crippen molar-refractivity contribution in [1.82, 2.24) is 4.90 Å². The summed E-state index contributed by atoms with van der Waals surface area (Å²) in [5, 5.41) is 9.59. The van der Waals surface area contributed by atoms with E-state index in [0.717, 1.165) is 12.0 Å². The van der Waals surface area contributed by atoms with E-state index in [4.69, 9.17) is 0 Å². The van der Waals surface area contributed by atoms with Gasteiger partial charge in [-0.1, -0.05) is 60.7 Å². The summed E-state index contributed by atoms with van der Waals surface area (Å²) in [7, 11) is 0. The molecule has 4 heteroatoms. The fourth-order valence-electron chi connectivity index (χ4n) is 4.23. The number of rotatable bonds is 5. The van der Waals surface area contributed by atoms with Crippen LogP contribution in [0.3, 0.4) is 0 Å². The Labute approximate surface area is 153 Å². The summed E-state index contributed by atoms with van der Waals surface area (Å²) in [4.78, 5) is 26.2. The molecular weight excluding hydrogens is 326 g/mol. The van der Waals surface area contributed by atoms with Crippen LogP contribution in [0.15, 0.2) is 60.7 Å². The molecule has 2 aliphatic rings. The highest BCUT2D eigenvalue weighted by Crippen LogP contribution is 2.50. The van der Waals surface area contributed by atoms with Crippen molar-refractivity contribution >= 4 is 11.9 Å². The van der Waals surface area contributed by atoms with Crippen molar-refractivity contribution in [3.05, 3.63) is 71.8 Å². The molecule has 1 heterocycles. The van der Waals surface area contributed by atoms with Crippen molar-refractivity contribution < 1.29 is 14.7 Å². The zero-order valence-corrected chi connectivity index (χ0v) is 14.6. The average Bonchev–Trinajstić information content (AvgIpc) is 3.28. The van der Waals surface area contributed by atoms with E-state index in [2.05, 4.69) is 12.1 Å². The van der Waals surface area contributed by atoms with Crippen molar-refractivity contribution in [1.29, 1.82) is 0 Å². The molecular formula is C22H23NO3. The number of carboxylic acid groups (broad SMARTS) is 1. The van der Waals surface area contributed by atoms with Crippen molar-refractivity contribution in [3.63, 3.8) is 0 Å². The fourth-order valence-corrected chi connectivity index (χ4v) is 4.23. The van der Waals surface area contributed by atoms with E-state index < -0.39 is 11.9 Å². The number of hydrogen-bond acceptors (Lipinski definition) is 2. The molecule has 2 fully saturated rings. The Bertz CT molecular complexity index is 790. The van der Waals surface area contributed by atoms with Crippen LogP contribution in [-0.2, 0) is 9.59 Å². The van der Waals surface area contributed by atoms with Crippen LogP contribution in [-0.4, -0.2) is 35.0 Å². The number of nitrogens with zero attached hydrogens (tertiary/aromatic N) is 1. The monoisotopic (exact) mass is 349 g/mol. The molecule has 134 valence electrons. The third kappa shape index (κ3) is 3.36. The first-order valence-corrected chi connectivity index (χ1v) is 9.24. The predicted octanol–water partition coefficient (Wildman–Crippen LogP) is 3.51. The highest BCUT2D eigenvalue weighted by Gasteiger charge is 2.44. The summed E-state index contributed by atoms with van der Waals surface area (Å²) in [5.74, 6) is -0.500. The summed E-state index contributed by atoms with van der Waals surface area (Å²) in [5.41, 5.74) is 2.31. The van der Waals surface area contributed by atoms with Gasteiger partial charge in [0.1, 0.15) is 0 Å². The molecule has 0 aromatic heterocycles. The summed E-state index contributed by atoms with van der Waals surface area (Å²) in [6.45, 7) is 0.818. The van der Waals surface area contributed by atoms with Crippen molar-refractivity contribution in [2.45, 2.75) is 24.7 Å². The van der Waals surface area contributed by atoms with Gasteiger partial charge in [-0.05, 0) is 29.4 Å². The second kappa shape index (κ2) is 6.94. The Morgan fingerprint density at radius 3 is 2.04 bits per heavy atom. The maximum atomic E-state index is 12.8. The SMILES string of the molecule is O=C(O)[C@@H]1CN(C(=O)C[C@@H]2C[C@H]2c2ccccc2)C[C@@H]1c1ccccc1. The molecule has 26 heavy (non-hydrogen) atoms. The summed E-state index contributed by atoms with van der Waals surface area (Å²) >= 11 is 0. The highest BCUT2D eigenvalue weighted by atomic mass is 16.4. The number of carbonyl (C=O) groups excluding carboxylic acids is 1. The van der Waals surface area contributed by atoms with Crippen LogP contribution in [0, 0.1) is 11.8 Å². The Morgan fingerprint density at radius 2 is 1.46 bits per heavy atom. The number of amides is 1. The Morgan fingerprint density at radius 1 is 0.885 bits per heavy atom. The van der Waals surface area contributed by atoms with Crippen LogP contribution in [0.4, 0.5) is 0 Å². The highest BCUT2D eigenvalue weighted by molar-refractivity contribution is 5.80. The predicted molar refractivity (Wildman–Crippen MR) is 98.8 cm³/mol. The molecule has 0 bridgehead atoms. The zero-order valence-electron chi connectivity index (χ0n) is 14.6. The minimum Gasteiger partial charge on any atom is -0.481 e. The lowest BCUT2D eigenvalue weighted by molar-refractivity contribution is -0.141. The summed E-state index contributed by atoms with van der Waals surface area (Å²) in [6.07, 6.45) is 1.57. The van der Waals surface area contributed by atoms with E-state index in [0.29, 0.717) is 31.3 Å². The molecule has 0 radical (unpaired) electrons. The minimum absolute atomic E-state index is 0.0955. The van der Waals surface area contributed by atoms with Crippen molar-refractivity contribution in [2.24, 2.45) is 11.8 Å². The third-order valence-electron chi connectivity index (χ3n) is 5.80. The lowest BCUT2D eigenvalue weighted by atomic mass is 9.89. The van der Waals surface area contributed by atoms with E-state index in [1.54, 1.807) is 4.90 Å². The van der Waals surface area contributed by atoms with Gasteiger partial charge in [-0.25, -0.2) is 0 Å². The maximum absolute atomic E-state index is 12.8. The van der Waals surface area contributed by atoms with Gasteiger partial charge < -0.3 is 10.0 Å². The van der Waals surface area contributed by atoms with Crippen LogP contribution in [0.5, 0.6) is 0 Å². The van der Waals surface area contributed by atoms with Gasteiger partial charge >= 0.3 is 5.97 Å². The number of carboxylic acids is 1. The third-order valence-corrected chi connectivity index (χ3v) is 5.80. The number of likely N-dealkylation sites (tertiary alicyclic amines) is 1. The second-order valence-corrected chi connectivity index (χ2v) is 7.48. The largest absolute Gasteiger partial charge is 0.481 e. The molecule has 4 nitrogen and oxygen atoms in total. The summed E-state index contributed by atoms with van der Waals surface area (Å²) in [6, 6.07) is 20.0.